The molecule has 0 aliphatic carbocycles. The first-order chi connectivity index (χ1) is 12.3. The van der Waals surface area contributed by atoms with Gasteiger partial charge in [0.1, 0.15) is 0 Å². The number of hydrogen-bond acceptors (Lipinski definition) is 4. The van der Waals surface area contributed by atoms with E-state index in [1.54, 1.807) is 0 Å². The lowest BCUT2D eigenvalue weighted by Gasteiger charge is -2.28. The fourth-order valence-corrected chi connectivity index (χ4v) is 3.57. The summed E-state index contributed by atoms with van der Waals surface area (Å²) in [7, 11) is 0. The minimum Gasteiger partial charge on any atom is -0.382 e. The first-order valence-electron chi connectivity index (χ1n) is 9.35. The molecule has 1 saturated heterocycles. The van der Waals surface area contributed by atoms with E-state index in [4.69, 9.17) is 4.74 Å². The zero-order chi connectivity index (χ0) is 17.7. The van der Waals surface area contributed by atoms with Crippen molar-refractivity contribution in [2.75, 3.05) is 55.8 Å². The number of nitrogens with one attached hydrogen (secondary N) is 2. The Morgan fingerprint density at radius 3 is 2.54 bits per heavy atom. The van der Waals surface area contributed by atoms with Crippen molar-refractivity contribution in [3.05, 3.63) is 29.8 Å². The summed E-state index contributed by atoms with van der Waals surface area (Å²) in [6, 6.07) is 8.84. The molecule has 1 heterocycles. The third-order valence-corrected chi connectivity index (χ3v) is 4.98. The highest BCUT2D eigenvalue weighted by molar-refractivity contribution is 14.0. The number of halogens is 1. The van der Waals surface area contributed by atoms with Gasteiger partial charge in [0.2, 0.25) is 0 Å². The molecule has 0 amide bonds. The summed E-state index contributed by atoms with van der Waals surface area (Å²) in [6.07, 6.45) is 0.987. The van der Waals surface area contributed by atoms with Crippen molar-refractivity contribution in [2.45, 2.75) is 26.8 Å². The van der Waals surface area contributed by atoms with Gasteiger partial charge in [0.15, 0.2) is 5.96 Å². The van der Waals surface area contributed by atoms with Gasteiger partial charge in [-0.2, -0.15) is 11.8 Å². The average Bonchev–Trinajstić information content (AvgIpc) is 2.67. The van der Waals surface area contributed by atoms with Crippen molar-refractivity contribution in [3.63, 3.8) is 0 Å². The summed E-state index contributed by atoms with van der Waals surface area (Å²) in [5, 5.41) is 6.66. The second-order valence-corrected chi connectivity index (χ2v) is 7.16. The van der Waals surface area contributed by atoms with Crippen LogP contribution < -0.4 is 15.5 Å². The number of thioether (sulfide) groups is 1. The molecule has 2 rings (SSSR count). The van der Waals surface area contributed by atoms with Crippen molar-refractivity contribution in [1.29, 1.82) is 0 Å². The molecule has 1 fully saturated rings. The van der Waals surface area contributed by atoms with Gasteiger partial charge in [-0.3, -0.25) is 0 Å². The van der Waals surface area contributed by atoms with E-state index < -0.39 is 0 Å². The lowest BCUT2D eigenvalue weighted by atomic mass is 10.2. The molecule has 0 atom stereocenters. The van der Waals surface area contributed by atoms with E-state index in [0.29, 0.717) is 6.54 Å². The van der Waals surface area contributed by atoms with E-state index >= 15 is 0 Å². The largest absolute Gasteiger partial charge is 0.382 e. The van der Waals surface area contributed by atoms with Crippen LogP contribution >= 0.6 is 35.7 Å². The molecular weight excluding hydrogens is 459 g/mol. The van der Waals surface area contributed by atoms with E-state index in [2.05, 4.69) is 51.7 Å². The highest BCUT2D eigenvalue weighted by Gasteiger charge is 2.10. The van der Waals surface area contributed by atoms with Crippen LogP contribution in [0.2, 0.25) is 0 Å². The van der Waals surface area contributed by atoms with Crippen molar-refractivity contribution in [2.24, 2.45) is 4.99 Å². The molecule has 1 aromatic rings. The molecule has 1 aromatic carbocycles. The summed E-state index contributed by atoms with van der Waals surface area (Å²) in [5.41, 5.74) is 2.57. The summed E-state index contributed by atoms with van der Waals surface area (Å²) >= 11 is 2.04. The molecule has 0 bridgehead atoms. The molecule has 148 valence electrons. The van der Waals surface area contributed by atoms with E-state index in [0.717, 1.165) is 51.8 Å². The second kappa shape index (κ2) is 14.4. The van der Waals surface area contributed by atoms with Crippen LogP contribution in [0.1, 0.15) is 25.8 Å². The molecule has 5 nitrogen and oxygen atoms in total. The summed E-state index contributed by atoms with van der Waals surface area (Å²) in [5.74, 6) is 3.33. The normalized spacial score (nSPS) is 14.7. The van der Waals surface area contributed by atoms with Crippen molar-refractivity contribution >= 4 is 47.4 Å². The van der Waals surface area contributed by atoms with Gasteiger partial charge in [-0.1, -0.05) is 12.1 Å². The van der Waals surface area contributed by atoms with Gasteiger partial charge in [0.05, 0.1) is 6.54 Å². The smallest absolute Gasteiger partial charge is 0.191 e. The molecular formula is C19H33IN4OS. The SMILES string of the molecule is CCNC(=NCc1ccc(N2CCSCC2)cc1)NCCCOCC.I. The summed E-state index contributed by atoms with van der Waals surface area (Å²) in [6.45, 7) is 10.4. The van der Waals surface area contributed by atoms with Gasteiger partial charge in [0, 0.05) is 56.6 Å². The van der Waals surface area contributed by atoms with Crippen LogP contribution in [0.5, 0.6) is 0 Å². The van der Waals surface area contributed by atoms with Crippen LogP contribution in [0.4, 0.5) is 5.69 Å². The standard InChI is InChI=1S/C19H32N4OS.HI/c1-3-20-19(21-10-5-13-24-4-2)22-16-17-6-8-18(9-7-17)23-11-14-25-15-12-23;/h6-9H,3-5,10-16H2,1-2H3,(H2,20,21,22);1H. The Balaban J connectivity index is 0.00000338. The lowest BCUT2D eigenvalue weighted by molar-refractivity contribution is 0.145. The second-order valence-electron chi connectivity index (χ2n) is 5.94. The first-order valence-corrected chi connectivity index (χ1v) is 10.5. The van der Waals surface area contributed by atoms with Crippen molar-refractivity contribution < 1.29 is 4.74 Å². The highest BCUT2D eigenvalue weighted by Crippen LogP contribution is 2.20. The molecule has 1 aliphatic heterocycles. The van der Waals surface area contributed by atoms with Crippen LogP contribution in [0, 0.1) is 0 Å². The van der Waals surface area contributed by atoms with Crippen molar-refractivity contribution in [3.8, 4) is 0 Å². The summed E-state index contributed by atoms with van der Waals surface area (Å²) < 4.78 is 5.36. The molecule has 2 N–H and O–H groups in total. The fourth-order valence-electron chi connectivity index (χ4n) is 2.67. The van der Waals surface area contributed by atoms with E-state index in [1.807, 2.05) is 18.7 Å². The Labute approximate surface area is 179 Å². The zero-order valence-corrected chi connectivity index (χ0v) is 19.1. The maximum atomic E-state index is 5.36. The molecule has 0 spiro atoms. The van der Waals surface area contributed by atoms with Gasteiger partial charge >= 0.3 is 0 Å². The third-order valence-electron chi connectivity index (χ3n) is 4.04. The fraction of sp³-hybridized carbons (Fsp3) is 0.632. The number of anilines is 1. The Bertz CT molecular complexity index is 507. The topological polar surface area (TPSA) is 48.9 Å². The van der Waals surface area contributed by atoms with Gasteiger partial charge in [-0.25, -0.2) is 4.99 Å². The molecule has 26 heavy (non-hydrogen) atoms. The van der Waals surface area contributed by atoms with Gasteiger partial charge in [-0.05, 0) is 38.0 Å². The minimum absolute atomic E-state index is 0. The van der Waals surface area contributed by atoms with E-state index in [1.165, 1.54) is 22.8 Å². The monoisotopic (exact) mass is 492 g/mol. The molecule has 0 unspecified atom stereocenters. The Hall–Kier alpha value is -0.670. The average molecular weight is 492 g/mol. The Kier molecular flexibility index (Phi) is 12.9. The number of rotatable bonds is 9. The van der Waals surface area contributed by atoms with Crippen LogP contribution in [0.25, 0.3) is 0 Å². The maximum Gasteiger partial charge on any atom is 0.191 e. The number of benzene rings is 1. The number of ether oxygens (including phenoxy) is 1. The maximum absolute atomic E-state index is 5.36. The highest BCUT2D eigenvalue weighted by atomic mass is 127. The number of aliphatic imine (C=N–C) groups is 1. The van der Waals surface area contributed by atoms with Gasteiger partial charge in [0.25, 0.3) is 0 Å². The quantitative estimate of drug-likeness (QED) is 0.240. The van der Waals surface area contributed by atoms with Crippen LogP contribution in [0.3, 0.4) is 0 Å². The predicted octanol–water partition coefficient (Wildman–Crippen LogP) is 3.34. The summed E-state index contributed by atoms with van der Waals surface area (Å²) in [4.78, 5) is 7.15. The van der Waals surface area contributed by atoms with Crippen LogP contribution in [-0.4, -0.2) is 56.9 Å². The van der Waals surface area contributed by atoms with Gasteiger partial charge < -0.3 is 20.3 Å². The lowest BCUT2D eigenvalue weighted by Crippen LogP contribution is -2.38. The minimum atomic E-state index is 0. The number of hydrogen-bond donors (Lipinski definition) is 2. The number of nitrogens with zero attached hydrogens (tertiary/aromatic N) is 2. The molecule has 1 aliphatic rings. The van der Waals surface area contributed by atoms with E-state index in [-0.39, 0.29) is 24.0 Å². The molecule has 0 aromatic heterocycles. The molecule has 0 saturated carbocycles. The Morgan fingerprint density at radius 1 is 1.15 bits per heavy atom. The van der Waals surface area contributed by atoms with E-state index in [9.17, 15) is 0 Å². The third kappa shape index (κ3) is 8.81. The van der Waals surface area contributed by atoms with Crippen LogP contribution in [0.15, 0.2) is 29.3 Å². The van der Waals surface area contributed by atoms with Gasteiger partial charge in [-0.15, -0.1) is 24.0 Å². The Morgan fingerprint density at radius 2 is 1.88 bits per heavy atom. The molecule has 7 heteroatoms. The predicted molar refractivity (Wildman–Crippen MR) is 125 cm³/mol. The first kappa shape index (κ1) is 23.4. The van der Waals surface area contributed by atoms with Crippen molar-refractivity contribution in [1.82, 2.24) is 10.6 Å². The molecule has 0 radical (unpaired) electrons. The zero-order valence-electron chi connectivity index (χ0n) is 16.0. The van der Waals surface area contributed by atoms with Crippen LogP contribution in [-0.2, 0) is 11.3 Å². The number of guanidine groups is 1.